The van der Waals surface area contributed by atoms with Crippen molar-refractivity contribution in [3.05, 3.63) is 42.6 Å². The van der Waals surface area contributed by atoms with E-state index in [-0.39, 0.29) is 41.6 Å². The van der Waals surface area contributed by atoms with Gasteiger partial charge in [-0.1, -0.05) is 12.2 Å². The Morgan fingerprint density at radius 2 is 1.95 bits per heavy atom. The Hall–Kier alpha value is -4.11. The van der Waals surface area contributed by atoms with Crippen LogP contribution in [0.5, 0.6) is 11.6 Å². The van der Waals surface area contributed by atoms with Crippen molar-refractivity contribution in [1.29, 1.82) is 0 Å². The second kappa shape index (κ2) is 11.6. The van der Waals surface area contributed by atoms with E-state index >= 15 is 0 Å². The summed E-state index contributed by atoms with van der Waals surface area (Å²) >= 11 is 0. The number of nitrogens with one attached hydrogen (secondary N) is 1. The third-order valence-electron chi connectivity index (χ3n) is 6.13. The number of nitrogens with zero attached hydrogens (tertiary/aromatic N) is 6. The van der Waals surface area contributed by atoms with Crippen molar-refractivity contribution in [2.24, 2.45) is 0 Å². The average Bonchev–Trinajstić information content (AvgIpc) is 3.36. The molecule has 3 aromatic rings. The minimum Gasteiger partial charge on any atom is -0.494 e. The van der Waals surface area contributed by atoms with E-state index in [1.165, 1.54) is 43.2 Å². The van der Waals surface area contributed by atoms with Crippen LogP contribution in [0, 0.1) is 0 Å². The van der Waals surface area contributed by atoms with Crippen molar-refractivity contribution in [1.82, 2.24) is 34.8 Å². The van der Waals surface area contributed by atoms with Crippen molar-refractivity contribution in [3.63, 3.8) is 0 Å². The zero-order valence-corrected chi connectivity index (χ0v) is 21.3. The summed E-state index contributed by atoms with van der Waals surface area (Å²) in [5, 5.41) is 6.40. The molecule has 0 spiro atoms. The molecule has 4 bridgehead atoms. The van der Waals surface area contributed by atoms with Gasteiger partial charge in [0.05, 0.1) is 30.9 Å². The van der Waals surface area contributed by atoms with E-state index in [0.29, 0.717) is 4.90 Å². The summed E-state index contributed by atoms with van der Waals surface area (Å²) in [4.78, 5) is 26.0. The zero-order chi connectivity index (χ0) is 29.1. The molecule has 10 nitrogen and oxygen atoms in total. The molecule has 1 unspecified atom stereocenters. The summed E-state index contributed by atoms with van der Waals surface area (Å²) in [7, 11) is 1.30. The standard InChI is InChI=1S/C24H25F6N7O3/c1-3-36-19(24(28,29)30)16-10-15(18(39-2)11-31-16)17-12-37-20(32-13-33-37)21(35-17)40-9-5-4-6-14(34-22(36)38)7-8-23(25,26)27/h4-5,10-14,19H,3,6-9H2,1-2H3,(H,34,38)/b5-4-/t14-,19?/m1/s1. The molecule has 2 amide bonds. The monoisotopic (exact) mass is 573 g/mol. The van der Waals surface area contributed by atoms with Gasteiger partial charge in [0.2, 0.25) is 5.65 Å². The number of alkyl halides is 6. The third kappa shape index (κ3) is 6.54. The van der Waals surface area contributed by atoms with E-state index in [9.17, 15) is 31.1 Å². The molecule has 2 atom stereocenters. The number of hydrogen-bond donors (Lipinski definition) is 1. The van der Waals surface area contributed by atoms with Gasteiger partial charge in [0, 0.05) is 24.6 Å². The molecule has 0 fully saturated rings. The van der Waals surface area contributed by atoms with E-state index < -0.39 is 55.5 Å². The fourth-order valence-electron chi connectivity index (χ4n) is 4.25. The highest BCUT2D eigenvalue weighted by molar-refractivity contribution is 5.75. The van der Waals surface area contributed by atoms with E-state index in [1.807, 2.05) is 0 Å². The lowest BCUT2D eigenvalue weighted by Crippen LogP contribution is -2.50. The van der Waals surface area contributed by atoms with Crippen molar-refractivity contribution < 1.29 is 40.6 Å². The van der Waals surface area contributed by atoms with Gasteiger partial charge in [-0.05, 0) is 25.8 Å². The first-order chi connectivity index (χ1) is 18.9. The molecule has 1 N–H and O–H groups in total. The van der Waals surface area contributed by atoms with Crippen LogP contribution >= 0.6 is 0 Å². The average molecular weight is 573 g/mol. The van der Waals surface area contributed by atoms with Gasteiger partial charge >= 0.3 is 18.4 Å². The second-order valence-corrected chi connectivity index (χ2v) is 8.82. The van der Waals surface area contributed by atoms with Crippen molar-refractivity contribution in [3.8, 4) is 22.9 Å². The van der Waals surface area contributed by atoms with E-state index in [0.717, 1.165) is 12.3 Å². The van der Waals surface area contributed by atoms with Crippen LogP contribution in [0.4, 0.5) is 31.1 Å². The van der Waals surface area contributed by atoms with Crippen LogP contribution in [-0.4, -0.2) is 74.2 Å². The Morgan fingerprint density at radius 3 is 2.62 bits per heavy atom. The first kappa shape index (κ1) is 28.9. The van der Waals surface area contributed by atoms with Gasteiger partial charge in [-0.2, -0.15) is 31.4 Å². The van der Waals surface area contributed by atoms with Gasteiger partial charge < -0.3 is 19.7 Å². The Labute approximate surface area is 224 Å². The number of halogens is 6. The SMILES string of the molecule is CCN1C(=O)N[C@@H](CCC(F)(F)F)C/C=C\COc2nc(cn3ncnc23)-c2cc(ncc2OC)C1C(F)(F)F. The van der Waals surface area contributed by atoms with Crippen LogP contribution in [-0.2, 0) is 0 Å². The highest BCUT2D eigenvalue weighted by atomic mass is 19.4. The van der Waals surface area contributed by atoms with Crippen LogP contribution in [0.3, 0.4) is 0 Å². The number of hydrogen-bond acceptors (Lipinski definition) is 7. The zero-order valence-electron chi connectivity index (χ0n) is 21.3. The Morgan fingerprint density at radius 1 is 1.18 bits per heavy atom. The number of amides is 2. The fraction of sp³-hybridized carbons (Fsp3) is 0.458. The van der Waals surface area contributed by atoms with Gasteiger partial charge in [0.15, 0.2) is 6.04 Å². The Bertz CT molecular complexity index is 1380. The molecular formula is C24H25F6N7O3. The molecule has 1 aliphatic rings. The summed E-state index contributed by atoms with van der Waals surface area (Å²) < 4.78 is 94.6. The van der Waals surface area contributed by atoms with Gasteiger partial charge in [-0.3, -0.25) is 4.98 Å². The van der Waals surface area contributed by atoms with Crippen molar-refractivity contribution >= 4 is 11.7 Å². The summed E-state index contributed by atoms with van der Waals surface area (Å²) in [6, 6.07) is -3.73. The summed E-state index contributed by atoms with van der Waals surface area (Å²) in [5.74, 6) is 0.0972. The molecule has 3 aromatic heterocycles. The number of carbonyl (C=O) groups is 1. The lowest BCUT2D eigenvalue weighted by Gasteiger charge is -2.33. The molecule has 0 aliphatic carbocycles. The number of fused-ring (bicyclic) bond motifs is 7. The van der Waals surface area contributed by atoms with Crippen molar-refractivity contribution in [2.45, 2.75) is 50.6 Å². The predicted molar refractivity (Wildman–Crippen MR) is 129 cm³/mol. The van der Waals surface area contributed by atoms with Crippen LogP contribution in [0.1, 0.15) is 37.9 Å². The summed E-state index contributed by atoms with van der Waals surface area (Å²) in [6.45, 7) is 0.854. The van der Waals surface area contributed by atoms with Crippen LogP contribution < -0.4 is 14.8 Å². The number of carbonyl (C=O) groups excluding carboxylic acids is 1. The summed E-state index contributed by atoms with van der Waals surface area (Å²) in [5.41, 5.74) is -0.0920. The van der Waals surface area contributed by atoms with Crippen LogP contribution in [0.25, 0.3) is 16.9 Å². The highest BCUT2D eigenvalue weighted by Gasteiger charge is 2.47. The first-order valence-corrected chi connectivity index (χ1v) is 12.1. The molecule has 0 saturated heterocycles. The normalized spacial score (nSPS) is 19.7. The number of methoxy groups -OCH3 is 1. The number of aromatic nitrogens is 5. The number of pyridine rings is 1. The first-order valence-electron chi connectivity index (χ1n) is 12.1. The van der Waals surface area contributed by atoms with E-state index in [2.05, 4.69) is 25.4 Å². The maximum absolute atomic E-state index is 14.5. The van der Waals surface area contributed by atoms with Gasteiger partial charge in [0.1, 0.15) is 18.7 Å². The molecule has 0 radical (unpaired) electrons. The predicted octanol–water partition coefficient (Wildman–Crippen LogP) is 4.88. The smallest absolute Gasteiger partial charge is 0.414 e. The molecule has 1 aliphatic heterocycles. The topological polar surface area (TPSA) is 107 Å². The number of urea groups is 1. The van der Waals surface area contributed by atoms with Crippen LogP contribution in [0.2, 0.25) is 0 Å². The molecule has 40 heavy (non-hydrogen) atoms. The number of ether oxygens (including phenoxy) is 2. The molecule has 0 saturated carbocycles. The maximum Gasteiger partial charge on any atom is 0.414 e. The minimum absolute atomic E-state index is 0.0108. The number of rotatable bonds is 4. The lowest BCUT2D eigenvalue weighted by molar-refractivity contribution is -0.179. The lowest BCUT2D eigenvalue weighted by atomic mass is 10.1. The van der Waals surface area contributed by atoms with Gasteiger partial charge in [-0.15, -0.1) is 0 Å². The van der Waals surface area contributed by atoms with Gasteiger partial charge in [0.25, 0.3) is 5.88 Å². The fourth-order valence-corrected chi connectivity index (χ4v) is 4.25. The van der Waals surface area contributed by atoms with Crippen LogP contribution in [0.15, 0.2) is 36.9 Å². The van der Waals surface area contributed by atoms with Crippen molar-refractivity contribution in [2.75, 3.05) is 20.3 Å². The second-order valence-electron chi connectivity index (χ2n) is 8.82. The molecule has 4 rings (SSSR count). The quantitative estimate of drug-likeness (QED) is 0.350. The van der Waals surface area contributed by atoms with Gasteiger partial charge in [-0.25, -0.2) is 19.3 Å². The third-order valence-corrected chi connectivity index (χ3v) is 6.13. The Kier molecular flexibility index (Phi) is 8.34. The molecule has 4 heterocycles. The van der Waals surface area contributed by atoms with E-state index in [1.54, 1.807) is 0 Å². The largest absolute Gasteiger partial charge is 0.494 e. The Balaban J connectivity index is 1.87. The molecular weight excluding hydrogens is 548 g/mol. The maximum atomic E-state index is 14.5. The summed E-state index contributed by atoms with van der Waals surface area (Å²) in [6.07, 6.45) is -4.66. The highest BCUT2D eigenvalue weighted by Crippen LogP contribution is 2.40. The molecule has 216 valence electrons. The molecule has 0 aromatic carbocycles. The molecule has 16 heteroatoms. The minimum atomic E-state index is -4.99. The van der Waals surface area contributed by atoms with E-state index in [4.69, 9.17) is 9.47 Å².